The number of hydrogen-bond acceptors (Lipinski definition) is 5. The first-order valence-corrected chi connectivity index (χ1v) is 11.8. The highest BCUT2D eigenvalue weighted by atomic mass is 16.5. The molecule has 0 unspecified atom stereocenters. The number of rotatable bonds is 8. The SMILES string of the molecule is CCCN1C(=O)C2(c3ccccc31)[C@@H](C(=O)c1ccc(OC)cc1)[C@@H]2C(=O)c1ccc(OC)cc1. The number of nitrogens with zero attached hydrogens (tertiary/aromatic N) is 1. The second kappa shape index (κ2) is 8.69. The highest BCUT2D eigenvalue weighted by Crippen LogP contribution is 2.67. The molecule has 0 N–H and O–H groups in total. The molecule has 35 heavy (non-hydrogen) atoms. The van der Waals surface area contributed by atoms with Crippen molar-refractivity contribution in [3.05, 3.63) is 89.5 Å². The molecule has 1 saturated carbocycles. The minimum absolute atomic E-state index is 0.167. The number of ketones is 2. The Bertz CT molecular complexity index is 1230. The summed E-state index contributed by atoms with van der Waals surface area (Å²) in [6, 6.07) is 21.2. The van der Waals surface area contributed by atoms with Crippen molar-refractivity contribution in [1.82, 2.24) is 0 Å². The van der Waals surface area contributed by atoms with Gasteiger partial charge >= 0.3 is 0 Å². The third-order valence-electron chi connectivity index (χ3n) is 7.21. The molecule has 2 aliphatic rings. The quantitative estimate of drug-likeness (QED) is 0.447. The molecule has 0 radical (unpaired) electrons. The molecular formula is C29H27NO5. The fraction of sp³-hybridized carbons (Fsp3) is 0.276. The smallest absolute Gasteiger partial charge is 0.239 e. The van der Waals surface area contributed by atoms with Crippen LogP contribution in [0.15, 0.2) is 72.8 Å². The van der Waals surface area contributed by atoms with Crippen LogP contribution in [0.2, 0.25) is 0 Å². The molecule has 0 saturated heterocycles. The van der Waals surface area contributed by atoms with E-state index in [2.05, 4.69) is 0 Å². The zero-order valence-corrected chi connectivity index (χ0v) is 20.0. The number of amides is 1. The molecule has 1 aliphatic heterocycles. The van der Waals surface area contributed by atoms with E-state index < -0.39 is 17.3 Å². The molecule has 1 heterocycles. The maximum atomic E-state index is 14.0. The highest BCUT2D eigenvalue weighted by molar-refractivity contribution is 6.23. The molecule has 6 nitrogen and oxygen atoms in total. The molecule has 0 bridgehead atoms. The van der Waals surface area contributed by atoms with Crippen LogP contribution >= 0.6 is 0 Å². The number of anilines is 1. The lowest BCUT2D eigenvalue weighted by Crippen LogP contribution is -2.35. The van der Waals surface area contributed by atoms with Crippen molar-refractivity contribution in [3.8, 4) is 11.5 Å². The second-order valence-corrected chi connectivity index (χ2v) is 8.98. The maximum absolute atomic E-state index is 14.0. The van der Waals surface area contributed by atoms with Crippen LogP contribution in [0.1, 0.15) is 39.6 Å². The monoisotopic (exact) mass is 469 g/mol. The lowest BCUT2D eigenvalue weighted by Gasteiger charge is -2.17. The predicted octanol–water partition coefficient (Wildman–Crippen LogP) is 4.71. The summed E-state index contributed by atoms with van der Waals surface area (Å²) in [5.74, 6) is -0.869. The van der Waals surface area contributed by atoms with Crippen molar-refractivity contribution >= 4 is 23.2 Å². The molecule has 3 aromatic rings. The minimum Gasteiger partial charge on any atom is -0.497 e. The molecule has 3 aromatic carbocycles. The van der Waals surface area contributed by atoms with E-state index in [9.17, 15) is 14.4 Å². The van der Waals surface area contributed by atoms with E-state index in [4.69, 9.17) is 9.47 Å². The Morgan fingerprint density at radius 3 is 1.74 bits per heavy atom. The van der Waals surface area contributed by atoms with Gasteiger partial charge in [0.25, 0.3) is 0 Å². The van der Waals surface area contributed by atoms with Gasteiger partial charge in [-0.3, -0.25) is 14.4 Å². The second-order valence-electron chi connectivity index (χ2n) is 8.98. The number of methoxy groups -OCH3 is 2. The first kappa shape index (κ1) is 22.8. The molecule has 178 valence electrons. The van der Waals surface area contributed by atoms with Gasteiger partial charge in [-0.1, -0.05) is 25.1 Å². The summed E-state index contributed by atoms with van der Waals surface area (Å²) in [6.45, 7) is 2.54. The molecule has 1 amide bonds. The number of para-hydroxylation sites is 1. The molecule has 0 aromatic heterocycles. The first-order chi connectivity index (χ1) is 17.0. The van der Waals surface area contributed by atoms with Crippen molar-refractivity contribution in [1.29, 1.82) is 0 Å². The minimum atomic E-state index is -1.19. The van der Waals surface area contributed by atoms with E-state index in [1.54, 1.807) is 67.7 Å². The summed E-state index contributed by atoms with van der Waals surface area (Å²) in [4.78, 5) is 43.5. The summed E-state index contributed by atoms with van der Waals surface area (Å²) in [5, 5.41) is 0. The maximum Gasteiger partial charge on any atom is 0.239 e. The van der Waals surface area contributed by atoms with Gasteiger partial charge in [0, 0.05) is 23.4 Å². The van der Waals surface area contributed by atoms with Gasteiger partial charge in [0.2, 0.25) is 5.91 Å². The molecule has 6 heteroatoms. The van der Waals surface area contributed by atoms with Crippen LogP contribution in [0, 0.1) is 11.8 Å². The zero-order chi connectivity index (χ0) is 24.7. The highest BCUT2D eigenvalue weighted by Gasteiger charge is 2.79. The van der Waals surface area contributed by atoms with Crippen LogP contribution < -0.4 is 14.4 Å². The summed E-state index contributed by atoms with van der Waals surface area (Å²) < 4.78 is 10.4. The molecule has 1 spiro atoms. The number of Topliss-reactive ketones (excluding diaryl/α,β-unsaturated/α-hetero) is 2. The van der Waals surface area contributed by atoms with Gasteiger partial charge in [-0.25, -0.2) is 0 Å². The van der Waals surface area contributed by atoms with Crippen molar-refractivity contribution in [2.45, 2.75) is 18.8 Å². The average molecular weight is 470 g/mol. The molecular weight excluding hydrogens is 442 g/mol. The molecule has 1 aliphatic carbocycles. The normalized spacial score (nSPS) is 22.1. The first-order valence-electron chi connectivity index (χ1n) is 11.8. The zero-order valence-electron chi connectivity index (χ0n) is 20.0. The fourth-order valence-corrected chi connectivity index (χ4v) is 5.53. The van der Waals surface area contributed by atoms with Crippen LogP contribution in [0.25, 0.3) is 0 Å². The summed E-state index contributed by atoms with van der Waals surface area (Å²) in [6.07, 6.45) is 0.768. The number of carbonyl (C=O) groups is 3. The van der Waals surface area contributed by atoms with Gasteiger partial charge in [0.05, 0.1) is 31.5 Å². The van der Waals surface area contributed by atoms with Gasteiger partial charge < -0.3 is 14.4 Å². The van der Waals surface area contributed by atoms with Crippen molar-refractivity contribution in [2.24, 2.45) is 11.8 Å². The van der Waals surface area contributed by atoms with Gasteiger partial charge in [0.15, 0.2) is 11.6 Å². The number of ether oxygens (including phenoxy) is 2. The molecule has 5 rings (SSSR count). The van der Waals surface area contributed by atoms with Crippen LogP contribution in [-0.4, -0.2) is 38.2 Å². The predicted molar refractivity (Wildman–Crippen MR) is 132 cm³/mol. The largest absolute Gasteiger partial charge is 0.497 e. The number of hydrogen-bond donors (Lipinski definition) is 0. The standard InChI is InChI=1S/C29H27NO5/c1-4-17-30-23-8-6-5-7-22(23)29(28(30)33)24(26(31)18-9-13-20(34-2)14-10-18)25(29)27(32)19-11-15-21(35-3)16-12-19/h5-16,24-25H,4,17H2,1-3H3/t24-,25-/m1/s1. The van der Waals surface area contributed by atoms with Gasteiger partial charge in [-0.05, 0) is 66.6 Å². The van der Waals surface area contributed by atoms with Crippen molar-refractivity contribution < 1.29 is 23.9 Å². The van der Waals surface area contributed by atoms with Crippen LogP contribution in [0.3, 0.4) is 0 Å². The third-order valence-corrected chi connectivity index (χ3v) is 7.21. The summed E-state index contributed by atoms with van der Waals surface area (Å²) >= 11 is 0. The van der Waals surface area contributed by atoms with E-state index in [1.807, 2.05) is 31.2 Å². The van der Waals surface area contributed by atoms with Crippen LogP contribution in [0.4, 0.5) is 5.69 Å². The Labute approximate surface area is 204 Å². The molecule has 2 atom stereocenters. The van der Waals surface area contributed by atoms with E-state index in [0.717, 1.165) is 17.7 Å². The number of benzene rings is 3. The summed E-state index contributed by atoms with van der Waals surface area (Å²) in [7, 11) is 3.12. The van der Waals surface area contributed by atoms with Gasteiger partial charge in [-0.15, -0.1) is 0 Å². The fourth-order valence-electron chi connectivity index (χ4n) is 5.53. The number of carbonyl (C=O) groups excluding carboxylic acids is 3. The Balaban J connectivity index is 1.62. The van der Waals surface area contributed by atoms with Crippen molar-refractivity contribution in [3.63, 3.8) is 0 Å². The Kier molecular flexibility index (Phi) is 5.67. The number of fused-ring (bicyclic) bond motifs is 2. The van der Waals surface area contributed by atoms with E-state index in [-0.39, 0.29) is 17.5 Å². The van der Waals surface area contributed by atoms with Gasteiger partial charge in [-0.2, -0.15) is 0 Å². The van der Waals surface area contributed by atoms with E-state index >= 15 is 0 Å². The van der Waals surface area contributed by atoms with Crippen molar-refractivity contribution in [2.75, 3.05) is 25.7 Å². The Morgan fingerprint density at radius 2 is 1.29 bits per heavy atom. The van der Waals surface area contributed by atoms with Crippen LogP contribution in [0.5, 0.6) is 11.5 Å². The van der Waals surface area contributed by atoms with Gasteiger partial charge in [0.1, 0.15) is 11.5 Å². The van der Waals surface area contributed by atoms with Crippen LogP contribution in [-0.2, 0) is 10.2 Å². The average Bonchev–Trinajstić information content (AvgIpc) is 3.55. The summed E-state index contributed by atoms with van der Waals surface area (Å²) in [5.41, 5.74) is 1.27. The lowest BCUT2D eigenvalue weighted by atomic mass is 9.90. The van der Waals surface area contributed by atoms with E-state index in [1.165, 1.54) is 0 Å². The Morgan fingerprint density at radius 1 is 0.800 bits per heavy atom. The lowest BCUT2D eigenvalue weighted by molar-refractivity contribution is -0.120. The topological polar surface area (TPSA) is 72.9 Å². The van der Waals surface area contributed by atoms with E-state index in [0.29, 0.717) is 29.2 Å². The third kappa shape index (κ3) is 3.35. The Hall–Kier alpha value is -3.93. The molecule has 1 fully saturated rings.